The second-order valence-electron chi connectivity index (χ2n) is 6.41. The van der Waals surface area contributed by atoms with Gasteiger partial charge in [0.2, 0.25) is 0 Å². The summed E-state index contributed by atoms with van der Waals surface area (Å²) in [5.74, 6) is 0.414. The van der Waals surface area contributed by atoms with Gasteiger partial charge in [-0.3, -0.25) is 0 Å². The molecule has 0 saturated carbocycles. The summed E-state index contributed by atoms with van der Waals surface area (Å²) in [6, 6.07) is 12.1. The Morgan fingerprint density at radius 3 is 2.67 bits per heavy atom. The van der Waals surface area contributed by atoms with Crippen molar-refractivity contribution in [3.05, 3.63) is 53.7 Å². The number of hydrogen-bond acceptors (Lipinski definition) is 3. The molecule has 1 aromatic heterocycles. The summed E-state index contributed by atoms with van der Waals surface area (Å²) >= 11 is 1.75. The molecule has 0 aliphatic carbocycles. The number of anilines is 1. The lowest BCUT2D eigenvalue weighted by Gasteiger charge is -2.16. The largest absolute Gasteiger partial charge is 0.370 e. The van der Waals surface area contributed by atoms with E-state index in [2.05, 4.69) is 42.1 Å². The van der Waals surface area contributed by atoms with Gasteiger partial charge in [0.05, 0.1) is 11.6 Å². The van der Waals surface area contributed by atoms with Crippen LogP contribution in [0.2, 0.25) is 0 Å². The molecular weight excluding hydrogens is 431 g/mol. The summed E-state index contributed by atoms with van der Waals surface area (Å²) < 4.78 is 0.140. The number of guanidine groups is 1. The molecule has 2 rings (SSSR count). The highest BCUT2D eigenvalue weighted by molar-refractivity contribution is 14.0. The van der Waals surface area contributed by atoms with Crippen LogP contribution in [0.3, 0.4) is 0 Å². The molecule has 6 heteroatoms. The van der Waals surface area contributed by atoms with Crippen molar-refractivity contribution in [3.63, 3.8) is 0 Å². The first-order valence-electron chi connectivity index (χ1n) is 7.59. The Hall–Kier alpha value is -1.28. The third kappa shape index (κ3) is 7.53. The number of pyridine rings is 1. The normalized spacial score (nSPS) is 11.8. The van der Waals surface area contributed by atoms with Gasteiger partial charge in [0, 0.05) is 16.6 Å². The summed E-state index contributed by atoms with van der Waals surface area (Å²) in [6.07, 6.45) is 1.82. The van der Waals surface area contributed by atoms with Crippen LogP contribution in [0.4, 0.5) is 5.69 Å². The van der Waals surface area contributed by atoms with Crippen molar-refractivity contribution in [1.29, 1.82) is 0 Å². The molecule has 4 nitrogen and oxygen atoms in total. The van der Waals surface area contributed by atoms with Crippen LogP contribution in [0, 0.1) is 6.92 Å². The van der Waals surface area contributed by atoms with Crippen molar-refractivity contribution in [2.24, 2.45) is 10.7 Å². The van der Waals surface area contributed by atoms with Gasteiger partial charge in [-0.2, -0.15) is 0 Å². The minimum atomic E-state index is 0. The van der Waals surface area contributed by atoms with Gasteiger partial charge >= 0.3 is 0 Å². The molecule has 0 bridgehead atoms. The van der Waals surface area contributed by atoms with Gasteiger partial charge in [0.25, 0.3) is 0 Å². The van der Waals surface area contributed by atoms with Crippen LogP contribution in [0.25, 0.3) is 0 Å². The molecule has 1 heterocycles. The van der Waals surface area contributed by atoms with Crippen molar-refractivity contribution in [2.45, 2.75) is 44.0 Å². The lowest BCUT2D eigenvalue weighted by molar-refractivity contribution is 0.798. The second-order valence-corrected chi connectivity index (χ2v) is 8.26. The minimum Gasteiger partial charge on any atom is -0.370 e. The average molecular weight is 456 g/mol. The van der Waals surface area contributed by atoms with E-state index in [-0.39, 0.29) is 28.7 Å². The Labute approximate surface area is 165 Å². The number of nitrogens with two attached hydrogens (primary N) is 1. The number of aliphatic imine (C=N–C) groups is 1. The number of thioether (sulfide) groups is 1. The van der Waals surface area contributed by atoms with Gasteiger partial charge in [-0.05, 0) is 42.3 Å². The molecule has 0 unspecified atom stereocenters. The maximum absolute atomic E-state index is 5.96. The van der Waals surface area contributed by atoms with Crippen LogP contribution >= 0.6 is 35.7 Å². The first-order valence-corrected chi connectivity index (χ1v) is 8.41. The zero-order valence-corrected chi connectivity index (χ0v) is 17.7. The molecule has 2 aromatic rings. The monoisotopic (exact) mass is 456 g/mol. The molecule has 0 radical (unpaired) electrons. The lowest BCUT2D eigenvalue weighted by atomic mass is 10.2. The molecule has 0 amide bonds. The number of nitrogens with one attached hydrogen (secondary N) is 1. The number of aryl methyl sites for hydroxylation is 1. The Balaban J connectivity index is 0.00000288. The van der Waals surface area contributed by atoms with Crippen LogP contribution in [-0.4, -0.2) is 15.7 Å². The lowest BCUT2D eigenvalue weighted by Crippen LogP contribution is -2.22. The number of aromatic nitrogens is 1. The summed E-state index contributed by atoms with van der Waals surface area (Å²) in [4.78, 5) is 8.80. The van der Waals surface area contributed by atoms with Gasteiger partial charge in [-0.1, -0.05) is 32.9 Å². The van der Waals surface area contributed by atoms with E-state index in [1.165, 1.54) is 5.56 Å². The fourth-order valence-corrected chi connectivity index (χ4v) is 2.96. The van der Waals surface area contributed by atoms with Crippen LogP contribution in [0.15, 0.2) is 52.6 Å². The molecule has 1 aromatic carbocycles. The van der Waals surface area contributed by atoms with Crippen LogP contribution in [-0.2, 0) is 6.54 Å². The molecule has 0 aliphatic rings. The highest BCUT2D eigenvalue weighted by atomic mass is 127. The first kappa shape index (κ1) is 20.8. The Kier molecular flexibility index (Phi) is 8.02. The van der Waals surface area contributed by atoms with Crippen molar-refractivity contribution in [3.8, 4) is 0 Å². The summed E-state index contributed by atoms with van der Waals surface area (Å²) in [6.45, 7) is 9.10. The molecule has 0 atom stereocenters. The maximum Gasteiger partial charge on any atom is 0.193 e. The predicted molar refractivity (Wildman–Crippen MR) is 115 cm³/mol. The van der Waals surface area contributed by atoms with E-state index in [9.17, 15) is 0 Å². The molecule has 24 heavy (non-hydrogen) atoms. The topological polar surface area (TPSA) is 63.3 Å². The summed E-state index contributed by atoms with van der Waals surface area (Å²) in [5.41, 5.74) is 9.19. The fraction of sp³-hybridized carbons (Fsp3) is 0.333. The zero-order valence-electron chi connectivity index (χ0n) is 14.5. The van der Waals surface area contributed by atoms with Gasteiger partial charge in [0.1, 0.15) is 0 Å². The fourth-order valence-electron chi connectivity index (χ4n) is 2.01. The van der Waals surface area contributed by atoms with Crippen LogP contribution < -0.4 is 11.1 Å². The predicted octanol–water partition coefficient (Wildman–Crippen LogP) is 4.83. The van der Waals surface area contributed by atoms with E-state index < -0.39 is 0 Å². The maximum atomic E-state index is 5.96. The van der Waals surface area contributed by atoms with E-state index in [0.29, 0.717) is 12.5 Å². The summed E-state index contributed by atoms with van der Waals surface area (Å²) in [5, 5.41) is 4.12. The first-order chi connectivity index (χ1) is 10.8. The molecule has 0 spiro atoms. The van der Waals surface area contributed by atoms with Crippen molar-refractivity contribution < 1.29 is 0 Å². The van der Waals surface area contributed by atoms with Crippen molar-refractivity contribution >= 4 is 47.4 Å². The van der Waals surface area contributed by atoms with Crippen molar-refractivity contribution in [1.82, 2.24) is 4.98 Å². The van der Waals surface area contributed by atoms with Crippen LogP contribution in [0.1, 0.15) is 31.9 Å². The molecule has 130 valence electrons. The highest BCUT2D eigenvalue weighted by Crippen LogP contribution is 2.30. The molecular formula is C18H25IN4S. The molecule has 3 N–H and O–H groups in total. The number of rotatable bonds is 4. The SMILES string of the molecule is Cc1cccc(NC(N)=NCc2ccnc(SC(C)(C)C)c2)c1.I. The van der Waals surface area contributed by atoms with Gasteiger partial charge < -0.3 is 11.1 Å². The zero-order chi connectivity index (χ0) is 16.9. The van der Waals surface area contributed by atoms with Gasteiger partial charge in [-0.15, -0.1) is 35.7 Å². The van der Waals surface area contributed by atoms with E-state index in [1.54, 1.807) is 11.8 Å². The minimum absolute atomic E-state index is 0. The van der Waals surface area contributed by atoms with E-state index in [0.717, 1.165) is 16.3 Å². The standard InChI is InChI=1S/C18H24N4S.HI/c1-13-6-5-7-15(10-13)22-17(19)21-12-14-8-9-20-16(11-14)23-18(2,3)4;/h5-11H,12H2,1-4H3,(H3,19,21,22);1H. The van der Waals surface area contributed by atoms with Gasteiger partial charge in [0.15, 0.2) is 5.96 Å². The molecule has 0 saturated heterocycles. The van der Waals surface area contributed by atoms with Crippen molar-refractivity contribution in [2.75, 3.05) is 5.32 Å². The van der Waals surface area contributed by atoms with E-state index in [4.69, 9.17) is 5.73 Å². The molecule has 0 fully saturated rings. The molecule has 0 aliphatic heterocycles. The summed E-state index contributed by atoms with van der Waals surface area (Å²) in [7, 11) is 0. The quantitative estimate of drug-likeness (QED) is 0.300. The van der Waals surface area contributed by atoms with Crippen LogP contribution in [0.5, 0.6) is 0 Å². The van der Waals surface area contributed by atoms with Gasteiger partial charge in [-0.25, -0.2) is 9.98 Å². The number of nitrogens with zero attached hydrogens (tertiary/aromatic N) is 2. The number of benzene rings is 1. The second kappa shape index (κ2) is 9.27. The average Bonchev–Trinajstić information content (AvgIpc) is 2.44. The van der Waals surface area contributed by atoms with E-state index >= 15 is 0 Å². The Morgan fingerprint density at radius 1 is 1.25 bits per heavy atom. The van der Waals surface area contributed by atoms with E-state index in [1.807, 2.05) is 43.5 Å². The smallest absolute Gasteiger partial charge is 0.193 e. The third-order valence-corrected chi connectivity index (χ3v) is 3.98. The Morgan fingerprint density at radius 2 is 2.00 bits per heavy atom. The number of hydrogen-bond donors (Lipinski definition) is 2. The highest BCUT2D eigenvalue weighted by Gasteiger charge is 2.13. The number of halogens is 1. The Bertz CT molecular complexity index is 695. The third-order valence-electron chi connectivity index (χ3n) is 2.93.